The van der Waals surface area contributed by atoms with Gasteiger partial charge in [-0.05, 0) is 32.0 Å². The summed E-state index contributed by atoms with van der Waals surface area (Å²) in [5.41, 5.74) is 1.41. The Morgan fingerprint density at radius 2 is 1.95 bits per heavy atom. The van der Waals surface area contributed by atoms with Crippen LogP contribution >= 0.6 is 0 Å². The summed E-state index contributed by atoms with van der Waals surface area (Å²) >= 11 is 0. The van der Waals surface area contributed by atoms with Crippen LogP contribution in [0.5, 0.6) is 5.75 Å². The first kappa shape index (κ1) is 13.9. The Bertz CT molecular complexity index is 451. The van der Waals surface area contributed by atoms with Gasteiger partial charge in [-0.3, -0.25) is 9.69 Å². The van der Waals surface area contributed by atoms with Gasteiger partial charge in [0.05, 0.1) is 5.56 Å². The Morgan fingerprint density at radius 3 is 2.58 bits per heavy atom. The first-order valence-corrected chi connectivity index (χ1v) is 6.93. The van der Waals surface area contributed by atoms with E-state index in [1.54, 1.807) is 12.1 Å². The third-order valence-corrected chi connectivity index (χ3v) is 3.58. The normalized spacial score (nSPS) is 16.6. The number of carbonyl (C=O) groups is 1. The van der Waals surface area contributed by atoms with E-state index in [1.165, 1.54) is 0 Å². The molecule has 2 rings (SSSR count). The second-order valence-electron chi connectivity index (χ2n) is 5.15. The van der Waals surface area contributed by atoms with Gasteiger partial charge in [-0.25, -0.2) is 0 Å². The van der Waals surface area contributed by atoms with Gasteiger partial charge in [-0.15, -0.1) is 0 Å². The molecule has 1 N–H and O–H groups in total. The highest BCUT2D eigenvalue weighted by Crippen LogP contribution is 2.20. The number of rotatable bonds is 3. The standard InChI is InChI=1S/C15H22N2O2/c1-3-6-16-7-9-17(10-8-16)15(19)13-11-12(2)4-5-14(13)18/h4-5,11,18H,3,6-10H2,1-2H3. The second-order valence-corrected chi connectivity index (χ2v) is 5.15. The third kappa shape index (κ3) is 3.26. The molecule has 1 heterocycles. The van der Waals surface area contributed by atoms with Gasteiger partial charge in [0, 0.05) is 26.2 Å². The third-order valence-electron chi connectivity index (χ3n) is 3.58. The van der Waals surface area contributed by atoms with Gasteiger partial charge in [0.2, 0.25) is 0 Å². The van der Waals surface area contributed by atoms with Crippen LogP contribution in [0.2, 0.25) is 0 Å². The molecule has 1 aliphatic heterocycles. The Labute approximate surface area is 114 Å². The molecule has 0 atom stereocenters. The van der Waals surface area contributed by atoms with Crippen LogP contribution in [-0.2, 0) is 0 Å². The van der Waals surface area contributed by atoms with Crippen molar-refractivity contribution in [1.82, 2.24) is 9.80 Å². The highest BCUT2D eigenvalue weighted by molar-refractivity contribution is 5.97. The minimum Gasteiger partial charge on any atom is -0.507 e. The largest absolute Gasteiger partial charge is 0.507 e. The minimum atomic E-state index is -0.0580. The fourth-order valence-corrected chi connectivity index (χ4v) is 2.48. The molecule has 4 nitrogen and oxygen atoms in total. The number of phenolic OH excluding ortho intramolecular Hbond substituents is 1. The number of hydrogen-bond donors (Lipinski definition) is 1. The Kier molecular flexibility index (Phi) is 4.43. The van der Waals surface area contributed by atoms with Gasteiger partial charge < -0.3 is 10.0 Å². The van der Waals surface area contributed by atoms with Crippen LogP contribution in [0.1, 0.15) is 29.3 Å². The maximum atomic E-state index is 12.4. The van der Waals surface area contributed by atoms with Gasteiger partial charge in [-0.2, -0.15) is 0 Å². The molecule has 4 heteroatoms. The summed E-state index contributed by atoms with van der Waals surface area (Å²) < 4.78 is 0. The highest BCUT2D eigenvalue weighted by atomic mass is 16.3. The monoisotopic (exact) mass is 262 g/mol. The number of nitrogens with zero attached hydrogens (tertiary/aromatic N) is 2. The Balaban J connectivity index is 2.03. The molecule has 0 aromatic heterocycles. The van der Waals surface area contributed by atoms with Crippen LogP contribution in [0.4, 0.5) is 0 Å². The number of aromatic hydroxyl groups is 1. The maximum absolute atomic E-state index is 12.4. The zero-order valence-corrected chi connectivity index (χ0v) is 11.7. The average Bonchev–Trinajstić information content (AvgIpc) is 2.42. The molecule has 0 saturated carbocycles. The summed E-state index contributed by atoms with van der Waals surface area (Å²) in [6.07, 6.45) is 1.15. The van der Waals surface area contributed by atoms with Gasteiger partial charge >= 0.3 is 0 Å². The highest BCUT2D eigenvalue weighted by Gasteiger charge is 2.23. The Morgan fingerprint density at radius 1 is 1.26 bits per heavy atom. The van der Waals surface area contributed by atoms with Crippen molar-refractivity contribution in [3.05, 3.63) is 29.3 Å². The summed E-state index contributed by atoms with van der Waals surface area (Å²) in [7, 11) is 0. The van der Waals surface area contributed by atoms with E-state index in [2.05, 4.69) is 11.8 Å². The lowest BCUT2D eigenvalue weighted by Crippen LogP contribution is -2.48. The van der Waals surface area contributed by atoms with Gasteiger partial charge in [0.15, 0.2) is 0 Å². The molecule has 0 aliphatic carbocycles. The molecule has 1 aromatic carbocycles. The topological polar surface area (TPSA) is 43.8 Å². The summed E-state index contributed by atoms with van der Waals surface area (Å²) in [6.45, 7) is 8.52. The number of piperazine rings is 1. The SMILES string of the molecule is CCCN1CCN(C(=O)c2cc(C)ccc2O)CC1. The van der Waals surface area contributed by atoms with Gasteiger partial charge in [0.25, 0.3) is 5.91 Å². The van der Waals surface area contributed by atoms with Crippen molar-refractivity contribution in [3.63, 3.8) is 0 Å². The molecule has 104 valence electrons. The van der Waals surface area contributed by atoms with Crippen LogP contribution in [-0.4, -0.2) is 53.5 Å². The molecule has 1 aromatic rings. The fraction of sp³-hybridized carbons (Fsp3) is 0.533. The van der Waals surface area contributed by atoms with Crippen molar-refractivity contribution >= 4 is 5.91 Å². The van der Waals surface area contributed by atoms with Crippen molar-refractivity contribution < 1.29 is 9.90 Å². The molecule has 1 saturated heterocycles. The van der Waals surface area contributed by atoms with Crippen molar-refractivity contribution in [1.29, 1.82) is 0 Å². The van der Waals surface area contributed by atoms with Crippen LogP contribution in [0.15, 0.2) is 18.2 Å². The molecule has 0 radical (unpaired) electrons. The lowest BCUT2D eigenvalue weighted by Gasteiger charge is -2.34. The quantitative estimate of drug-likeness (QED) is 0.904. The fourth-order valence-electron chi connectivity index (χ4n) is 2.48. The molecule has 0 spiro atoms. The first-order chi connectivity index (χ1) is 9.11. The smallest absolute Gasteiger partial charge is 0.257 e. The van der Waals surface area contributed by atoms with E-state index in [1.807, 2.05) is 17.9 Å². The maximum Gasteiger partial charge on any atom is 0.257 e. The van der Waals surface area contributed by atoms with E-state index in [0.717, 1.165) is 44.7 Å². The molecule has 1 amide bonds. The van der Waals surface area contributed by atoms with Crippen molar-refractivity contribution in [2.45, 2.75) is 20.3 Å². The molecular formula is C15H22N2O2. The predicted octanol–water partition coefficient (Wildman–Crippen LogP) is 1.87. The average molecular weight is 262 g/mol. The van der Waals surface area contributed by atoms with E-state index in [4.69, 9.17) is 0 Å². The number of amides is 1. The first-order valence-electron chi connectivity index (χ1n) is 6.93. The molecule has 1 fully saturated rings. The lowest BCUT2D eigenvalue weighted by atomic mass is 10.1. The number of aryl methyl sites for hydroxylation is 1. The van der Waals surface area contributed by atoms with E-state index in [-0.39, 0.29) is 11.7 Å². The number of hydrogen-bond acceptors (Lipinski definition) is 3. The summed E-state index contributed by atoms with van der Waals surface area (Å²) in [5.74, 6) is 0.0175. The van der Waals surface area contributed by atoms with Crippen LogP contribution in [0, 0.1) is 6.92 Å². The summed E-state index contributed by atoms with van der Waals surface area (Å²) in [6, 6.07) is 5.16. The van der Waals surface area contributed by atoms with Crippen molar-refractivity contribution in [2.24, 2.45) is 0 Å². The van der Waals surface area contributed by atoms with Gasteiger partial charge in [-0.1, -0.05) is 18.6 Å². The van der Waals surface area contributed by atoms with E-state index >= 15 is 0 Å². The molecule has 0 bridgehead atoms. The Hall–Kier alpha value is -1.55. The predicted molar refractivity (Wildman–Crippen MR) is 75.5 cm³/mol. The molecule has 1 aliphatic rings. The second kappa shape index (κ2) is 6.06. The minimum absolute atomic E-state index is 0.0580. The van der Waals surface area contributed by atoms with Crippen molar-refractivity contribution in [2.75, 3.05) is 32.7 Å². The van der Waals surface area contributed by atoms with Crippen LogP contribution in [0.3, 0.4) is 0 Å². The zero-order valence-electron chi connectivity index (χ0n) is 11.7. The van der Waals surface area contributed by atoms with Crippen LogP contribution in [0.25, 0.3) is 0 Å². The summed E-state index contributed by atoms with van der Waals surface area (Å²) in [5, 5.41) is 9.81. The van der Waals surface area contributed by atoms with E-state index in [9.17, 15) is 9.90 Å². The van der Waals surface area contributed by atoms with Crippen LogP contribution < -0.4 is 0 Å². The number of carbonyl (C=O) groups excluding carboxylic acids is 1. The van der Waals surface area contributed by atoms with E-state index < -0.39 is 0 Å². The zero-order chi connectivity index (χ0) is 13.8. The number of phenols is 1. The molecular weight excluding hydrogens is 240 g/mol. The molecule has 0 unspecified atom stereocenters. The summed E-state index contributed by atoms with van der Waals surface area (Å²) in [4.78, 5) is 16.6. The van der Waals surface area contributed by atoms with Crippen molar-refractivity contribution in [3.8, 4) is 5.75 Å². The number of benzene rings is 1. The van der Waals surface area contributed by atoms with Gasteiger partial charge in [0.1, 0.15) is 5.75 Å². The molecule has 19 heavy (non-hydrogen) atoms. The lowest BCUT2D eigenvalue weighted by molar-refractivity contribution is 0.0634. The van der Waals surface area contributed by atoms with E-state index in [0.29, 0.717) is 5.56 Å².